The van der Waals surface area contributed by atoms with E-state index in [0.29, 0.717) is 18.8 Å². The molecule has 3 nitrogen and oxygen atoms in total. The van der Waals surface area contributed by atoms with Crippen molar-refractivity contribution < 1.29 is 14.3 Å². The third kappa shape index (κ3) is 29.9. The number of unbranched alkanes of at least 4 members (excludes halogenated alkanes) is 30. The minimum atomic E-state index is 0.0159. The second-order valence-electron chi connectivity index (χ2n) is 17.1. The number of ether oxygens (including phenoxy) is 2. The van der Waals surface area contributed by atoms with E-state index in [2.05, 4.69) is 32.9 Å². The summed E-state index contributed by atoms with van der Waals surface area (Å²) < 4.78 is 12.6. The van der Waals surface area contributed by atoms with E-state index in [1.807, 2.05) is 48.2 Å². The SMILES string of the molecule is CCCCCCCCCCCCCCCCCCOc1cc(C=CC(=O)c2ccc(SCCC)cc2)cc(OCCCCCCCCCCCCCCCCCC)c1. The molecule has 2 aromatic rings. The molecular weight excluding hydrogens is 729 g/mol. The number of allylic oxidation sites excluding steroid dienone is 1. The van der Waals surface area contributed by atoms with E-state index in [9.17, 15) is 4.79 Å². The van der Waals surface area contributed by atoms with Crippen molar-refractivity contribution in [2.45, 2.75) is 238 Å². The van der Waals surface area contributed by atoms with Gasteiger partial charge in [0, 0.05) is 16.5 Å². The Kier molecular flexibility index (Phi) is 34.9. The van der Waals surface area contributed by atoms with Crippen molar-refractivity contribution in [2.24, 2.45) is 0 Å². The highest BCUT2D eigenvalue weighted by Gasteiger charge is 2.06. The van der Waals surface area contributed by atoms with E-state index in [0.717, 1.165) is 42.1 Å². The van der Waals surface area contributed by atoms with Gasteiger partial charge in [-0.25, -0.2) is 0 Å². The Morgan fingerprint density at radius 3 is 1.14 bits per heavy atom. The highest BCUT2D eigenvalue weighted by molar-refractivity contribution is 7.99. The largest absolute Gasteiger partial charge is 0.493 e. The highest BCUT2D eigenvalue weighted by atomic mass is 32.2. The van der Waals surface area contributed by atoms with E-state index < -0.39 is 0 Å². The fourth-order valence-corrected chi connectivity index (χ4v) is 8.51. The smallest absolute Gasteiger partial charge is 0.185 e. The van der Waals surface area contributed by atoms with Gasteiger partial charge in [-0.2, -0.15) is 0 Å². The Bertz CT molecular complexity index is 1180. The number of carbonyl (C=O) groups is 1. The standard InChI is InChI=1S/C54H90O3S/c1-4-7-9-11-13-15-17-19-21-23-25-27-29-31-33-35-43-56-51-46-49(37-42-54(55)50-38-40-53(41-39-50)58-45-6-3)47-52(48-51)57-44-36-34-32-30-28-26-24-22-20-18-16-14-12-10-8-5-2/h37-42,46-48H,4-36,43-45H2,1-3H3. The zero-order valence-corrected chi connectivity index (χ0v) is 39.1. The molecule has 0 saturated heterocycles. The fourth-order valence-electron chi connectivity index (χ4n) is 7.74. The monoisotopic (exact) mass is 819 g/mol. The number of hydrogen-bond acceptors (Lipinski definition) is 4. The Morgan fingerprint density at radius 1 is 0.448 bits per heavy atom. The van der Waals surface area contributed by atoms with E-state index in [1.165, 1.54) is 198 Å². The summed E-state index contributed by atoms with van der Waals surface area (Å²) >= 11 is 1.83. The lowest BCUT2D eigenvalue weighted by Crippen LogP contribution is -2.01. The van der Waals surface area contributed by atoms with Crippen molar-refractivity contribution >= 4 is 23.6 Å². The first-order valence-electron chi connectivity index (χ1n) is 25.0. The topological polar surface area (TPSA) is 35.5 Å². The van der Waals surface area contributed by atoms with Crippen LogP contribution < -0.4 is 9.47 Å². The van der Waals surface area contributed by atoms with Crippen LogP contribution in [-0.2, 0) is 0 Å². The zero-order chi connectivity index (χ0) is 41.4. The predicted molar refractivity (Wildman–Crippen MR) is 257 cm³/mol. The second kappa shape index (κ2) is 39.0. The van der Waals surface area contributed by atoms with Crippen LogP contribution in [0.4, 0.5) is 0 Å². The van der Waals surface area contributed by atoms with Gasteiger partial charge < -0.3 is 9.47 Å². The number of benzene rings is 2. The van der Waals surface area contributed by atoms with Crippen LogP contribution in [0.1, 0.15) is 249 Å². The Morgan fingerprint density at radius 2 is 0.793 bits per heavy atom. The third-order valence-electron chi connectivity index (χ3n) is 11.5. The quantitative estimate of drug-likeness (QED) is 0.0289. The van der Waals surface area contributed by atoms with E-state index in [4.69, 9.17) is 9.47 Å². The van der Waals surface area contributed by atoms with Gasteiger partial charge in [-0.1, -0.05) is 219 Å². The van der Waals surface area contributed by atoms with Crippen LogP contribution in [0.2, 0.25) is 0 Å². The Balaban J connectivity index is 1.69. The summed E-state index contributed by atoms with van der Waals surface area (Å²) in [6.07, 6.45) is 48.4. The predicted octanol–water partition coefficient (Wildman–Crippen LogP) is 18.4. The maximum atomic E-state index is 13.0. The zero-order valence-electron chi connectivity index (χ0n) is 38.3. The van der Waals surface area contributed by atoms with Gasteiger partial charge in [-0.3, -0.25) is 4.79 Å². The molecule has 0 radical (unpaired) electrons. The summed E-state index contributed by atoms with van der Waals surface area (Å²) in [5.74, 6) is 2.77. The summed E-state index contributed by atoms with van der Waals surface area (Å²) in [7, 11) is 0. The molecule has 0 aliphatic heterocycles. The first kappa shape index (κ1) is 51.9. The maximum Gasteiger partial charge on any atom is 0.185 e. The molecule has 0 N–H and O–H groups in total. The Hall–Kier alpha value is -2.20. The number of rotatable bonds is 42. The van der Waals surface area contributed by atoms with Crippen LogP contribution in [0.5, 0.6) is 11.5 Å². The van der Waals surface area contributed by atoms with Gasteiger partial charge in [0.1, 0.15) is 11.5 Å². The molecule has 330 valence electrons. The van der Waals surface area contributed by atoms with Gasteiger partial charge in [0.05, 0.1) is 13.2 Å². The first-order valence-corrected chi connectivity index (χ1v) is 26.0. The number of hydrogen-bond donors (Lipinski definition) is 0. The highest BCUT2D eigenvalue weighted by Crippen LogP contribution is 2.26. The van der Waals surface area contributed by atoms with Crippen molar-refractivity contribution in [1.82, 2.24) is 0 Å². The lowest BCUT2D eigenvalue weighted by molar-refractivity contribution is 0.104. The van der Waals surface area contributed by atoms with Crippen molar-refractivity contribution in [2.75, 3.05) is 19.0 Å². The average molecular weight is 819 g/mol. The summed E-state index contributed by atoms with van der Waals surface area (Å²) in [4.78, 5) is 14.3. The van der Waals surface area contributed by atoms with E-state index in [-0.39, 0.29) is 5.78 Å². The minimum Gasteiger partial charge on any atom is -0.493 e. The summed E-state index contributed by atoms with van der Waals surface area (Å²) in [6, 6.07) is 14.1. The second-order valence-corrected chi connectivity index (χ2v) is 18.3. The molecule has 0 fully saturated rings. The van der Waals surface area contributed by atoms with Crippen molar-refractivity contribution in [3.8, 4) is 11.5 Å². The molecule has 0 aliphatic carbocycles. The Labute approximate surface area is 364 Å². The number of carbonyl (C=O) groups excluding carboxylic acids is 1. The normalized spacial score (nSPS) is 11.5. The van der Waals surface area contributed by atoms with Crippen molar-refractivity contribution in [1.29, 1.82) is 0 Å². The van der Waals surface area contributed by atoms with Gasteiger partial charge in [0.2, 0.25) is 0 Å². The molecule has 2 aromatic carbocycles. The van der Waals surface area contributed by atoms with Gasteiger partial charge in [0.15, 0.2) is 5.78 Å². The summed E-state index contributed by atoms with van der Waals surface area (Å²) in [5, 5.41) is 0. The lowest BCUT2D eigenvalue weighted by Gasteiger charge is -2.12. The molecule has 0 aliphatic rings. The van der Waals surface area contributed by atoms with Gasteiger partial charge >= 0.3 is 0 Å². The molecule has 0 atom stereocenters. The number of ketones is 1. The van der Waals surface area contributed by atoms with E-state index >= 15 is 0 Å². The first-order chi connectivity index (χ1) is 28.7. The van der Waals surface area contributed by atoms with Gasteiger partial charge in [-0.05, 0) is 73.1 Å². The van der Waals surface area contributed by atoms with Crippen LogP contribution in [0.3, 0.4) is 0 Å². The van der Waals surface area contributed by atoms with Crippen LogP contribution >= 0.6 is 11.8 Å². The summed E-state index contributed by atoms with van der Waals surface area (Å²) in [6.45, 7) is 8.21. The molecule has 4 heteroatoms. The minimum absolute atomic E-state index is 0.0159. The van der Waals surface area contributed by atoms with Gasteiger partial charge in [-0.15, -0.1) is 11.8 Å². The van der Waals surface area contributed by atoms with Crippen molar-refractivity contribution in [3.05, 3.63) is 59.7 Å². The van der Waals surface area contributed by atoms with Crippen LogP contribution in [0.15, 0.2) is 53.4 Å². The summed E-state index contributed by atoms with van der Waals surface area (Å²) in [5.41, 5.74) is 1.66. The van der Waals surface area contributed by atoms with Crippen LogP contribution in [0, 0.1) is 0 Å². The fraction of sp³-hybridized carbons (Fsp3) is 0.722. The molecule has 58 heavy (non-hydrogen) atoms. The van der Waals surface area contributed by atoms with Crippen LogP contribution in [0.25, 0.3) is 6.08 Å². The molecule has 0 spiro atoms. The molecule has 0 heterocycles. The van der Waals surface area contributed by atoms with E-state index in [1.54, 1.807) is 6.08 Å². The molecule has 0 unspecified atom stereocenters. The maximum absolute atomic E-state index is 13.0. The molecule has 2 rings (SSSR count). The number of thioether (sulfide) groups is 1. The molecule has 0 saturated carbocycles. The molecule has 0 bridgehead atoms. The van der Waals surface area contributed by atoms with Gasteiger partial charge in [0.25, 0.3) is 0 Å². The van der Waals surface area contributed by atoms with Crippen molar-refractivity contribution in [3.63, 3.8) is 0 Å². The molecule has 0 amide bonds. The molecule has 0 aromatic heterocycles. The molecular formula is C54H90O3S. The third-order valence-corrected chi connectivity index (χ3v) is 12.7. The average Bonchev–Trinajstić information content (AvgIpc) is 3.24. The lowest BCUT2D eigenvalue weighted by atomic mass is 10.0. The van der Waals surface area contributed by atoms with Crippen LogP contribution in [-0.4, -0.2) is 24.7 Å².